The fourth-order valence-electron chi connectivity index (χ4n) is 1.06. The highest BCUT2D eigenvalue weighted by molar-refractivity contribution is 6.30. The molecule has 0 amide bonds. The number of carbonyl (C=O) groups excluding carboxylic acids is 1. The third kappa shape index (κ3) is 2.19. The van der Waals surface area contributed by atoms with Crippen molar-refractivity contribution in [3.8, 4) is 0 Å². The van der Waals surface area contributed by atoms with Gasteiger partial charge in [0.05, 0.1) is 10.6 Å². The van der Waals surface area contributed by atoms with E-state index in [-0.39, 0.29) is 5.02 Å². The highest BCUT2D eigenvalue weighted by Gasteiger charge is 2.20. The van der Waals surface area contributed by atoms with Crippen molar-refractivity contribution in [2.45, 2.75) is 19.4 Å². The second kappa shape index (κ2) is 3.91. The molecule has 0 unspecified atom stereocenters. The minimum atomic E-state index is -0.771. The molecule has 0 aliphatic heterocycles. The molecule has 0 saturated carbocycles. The van der Waals surface area contributed by atoms with Gasteiger partial charge in [-0.3, -0.25) is 0 Å². The zero-order chi connectivity index (χ0) is 10.8. The van der Waals surface area contributed by atoms with Gasteiger partial charge in [-0.1, -0.05) is 17.7 Å². The van der Waals surface area contributed by atoms with Crippen molar-refractivity contribution in [3.63, 3.8) is 0 Å². The minimum Gasteiger partial charge on any atom is -0.211 e. The summed E-state index contributed by atoms with van der Waals surface area (Å²) in [5, 5.41) is 0.0552. The summed E-state index contributed by atoms with van der Waals surface area (Å²) >= 11 is 5.52. The number of halogens is 2. The van der Waals surface area contributed by atoms with Crippen LogP contribution in [0, 0.1) is 5.82 Å². The largest absolute Gasteiger partial charge is 0.235 e. The fourth-order valence-corrected chi connectivity index (χ4v) is 1.17. The molecule has 1 aromatic rings. The van der Waals surface area contributed by atoms with E-state index in [2.05, 4.69) is 4.99 Å². The van der Waals surface area contributed by atoms with Crippen LogP contribution in [-0.2, 0) is 10.3 Å². The highest BCUT2D eigenvalue weighted by Crippen LogP contribution is 2.27. The van der Waals surface area contributed by atoms with Gasteiger partial charge in [-0.15, -0.1) is 0 Å². The van der Waals surface area contributed by atoms with E-state index < -0.39 is 11.4 Å². The topological polar surface area (TPSA) is 29.4 Å². The maximum absolute atomic E-state index is 13.1. The molecule has 0 saturated heterocycles. The minimum absolute atomic E-state index is 0.0552. The van der Waals surface area contributed by atoms with E-state index in [1.807, 2.05) is 0 Å². The van der Waals surface area contributed by atoms with Gasteiger partial charge < -0.3 is 0 Å². The van der Waals surface area contributed by atoms with Crippen molar-refractivity contribution in [3.05, 3.63) is 34.6 Å². The van der Waals surface area contributed by atoms with E-state index in [0.29, 0.717) is 5.56 Å². The first-order valence-electron chi connectivity index (χ1n) is 4.02. The summed E-state index contributed by atoms with van der Waals surface area (Å²) in [5.41, 5.74) is -0.185. The van der Waals surface area contributed by atoms with Gasteiger partial charge in [0.15, 0.2) is 0 Å². The molecular formula is C10H9ClFNO. The van der Waals surface area contributed by atoms with Gasteiger partial charge in [-0.2, -0.15) is 4.99 Å². The second-order valence-electron chi connectivity index (χ2n) is 3.39. The third-order valence-electron chi connectivity index (χ3n) is 1.95. The quantitative estimate of drug-likeness (QED) is 0.549. The molecule has 0 aliphatic carbocycles. The van der Waals surface area contributed by atoms with E-state index in [1.165, 1.54) is 18.2 Å². The molecule has 0 bridgehead atoms. The average Bonchev–Trinajstić information content (AvgIpc) is 2.09. The van der Waals surface area contributed by atoms with E-state index in [0.717, 1.165) is 0 Å². The molecule has 2 nitrogen and oxygen atoms in total. The molecule has 14 heavy (non-hydrogen) atoms. The SMILES string of the molecule is CC(C)(N=C=O)c1ccc(Cl)c(F)c1. The van der Waals surface area contributed by atoms with Crippen LogP contribution >= 0.6 is 11.6 Å². The maximum Gasteiger partial charge on any atom is 0.235 e. The summed E-state index contributed by atoms with van der Waals surface area (Å²) in [4.78, 5) is 13.7. The fraction of sp³-hybridized carbons (Fsp3) is 0.300. The average molecular weight is 214 g/mol. The maximum atomic E-state index is 13.1. The Bertz CT molecular complexity index is 397. The smallest absolute Gasteiger partial charge is 0.211 e. The molecular weight excluding hydrogens is 205 g/mol. The van der Waals surface area contributed by atoms with Crippen LogP contribution in [0.15, 0.2) is 23.2 Å². The van der Waals surface area contributed by atoms with Gasteiger partial charge >= 0.3 is 0 Å². The standard InChI is InChI=1S/C10H9ClFNO/c1-10(2,13-6-14)7-3-4-8(11)9(12)5-7/h3-5H,1-2H3. The summed E-state index contributed by atoms with van der Waals surface area (Å²) < 4.78 is 13.1. The lowest BCUT2D eigenvalue weighted by Gasteiger charge is -2.17. The van der Waals surface area contributed by atoms with Gasteiger partial charge in [0.1, 0.15) is 5.82 Å². The van der Waals surface area contributed by atoms with Gasteiger partial charge in [0.25, 0.3) is 0 Å². The third-order valence-corrected chi connectivity index (χ3v) is 2.26. The lowest BCUT2D eigenvalue weighted by atomic mass is 9.95. The normalized spacial score (nSPS) is 10.9. The van der Waals surface area contributed by atoms with Crippen molar-refractivity contribution in [1.82, 2.24) is 0 Å². The zero-order valence-electron chi connectivity index (χ0n) is 7.84. The summed E-state index contributed by atoms with van der Waals surface area (Å²) in [7, 11) is 0. The summed E-state index contributed by atoms with van der Waals surface area (Å²) in [6, 6.07) is 4.34. The van der Waals surface area contributed by atoms with Crippen LogP contribution in [0.1, 0.15) is 19.4 Å². The Balaban J connectivity index is 3.20. The molecule has 0 radical (unpaired) electrons. The molecule has 0 aromatic heterocycles. The Morgan fingerprint density at radius 1 is 1.50 bits per heavy atom. The van der Waals surface area contributed by atoms with E-state index in [9.17, 15) is 9.18 Å². The first-order chi connectivity index (χ1) is 6.47. The summed E-state index contributed by atoms with van der Waals surface area (Å²) in [6.45, 7) is 3.39. The van der Waals surface area contributed by atoms with Crippen LogP contribution < -0.4 is 0 Å². The van der Waals surface area contributed by atoms with E-state index >= 15 is 0 Å². The number of aliphatic imine (C=N–C) groups is 1. The van der Waals surface area contributed by atoms with Gasteiger partial charge in [0, 0.05) is 0 Å². The molecule has 1 rings (SSSR count). The molecule has 1 aromatic carbocycles. The summed E-state index contributed by atoms with van der Waals surface area (Å²) in [6.07, 6.45) is 1.46. The van der Waals surface area contributed by atoms with Crippen LogP contribution in [0.5, 0.6) is 0 Å². The van der Waals surface area contributed by atoms with E-state index in [1.54, 1.807) is 19.9 Å². The number of isocyanates is 1. The number of hydrogen-bond donors (Lipinski definition) is 0. The molecule has 74 valence electrons. The van der Waals surface area contributed by atoms with Crippen molar-refractivity contribution < 1.29 is 9.18 Å². The lowest BCUT2D eigenvalue weighted by molar-refractivity contribution is 0.518. The van der Waals surface area contributed by atoms with Crippen molar-refractivity contribution in [1.29, 1.82) is 0 Å². The van der Waals surface area contributed by atoms with Crippen LogP contribution in [0.3, 0.4) is 0 Å². The zero-order valence-corrected chi connectivity index (χ0v) is 8.60. The Labute approximate surface area is 86.4 Å². The Morgan fingerprint density at radius 2 is 2.14 bits per heavy atom. The number of rotatable bonds is 2. The molecule has 0 N–H and O–H groups in total. The second-order valence-corrected chi connectivity index (χ2v) is 3.80. The van der Waals surface area contributed by atoms with Crippen LogP contribution in [-0.4, -0.2) is 6.08 Å². The van der Waals surface area contributed by atoms with E-state index in [4.69, 9.17) is 11.6 Å². The van der Waals surface area contributed by atoms with Crippen LogP contribution in [0.4, 0.5) is 4.39 Å². The first kappa shape index (κ1) is 10.9. The number of nitrogens with zero attached hydrogens (tertiary/aromatic N) is 1. The van der Waals surface area contributed by atoms with Gasteiger partial charge in [-0.25, -0.2) is 9.18 Å². The molecule has 0 fully saturated rings. The lowest BCUT2D eigenvalue weighted by Crippen LogP contribution is -2.13. The first-order valence-corrected chi connectivity index (χ1v) is 4.40. The number of hydrogen-bond acceptors (Lipinski definition) is 2. The monoisotopic (exact) mass is 213 g/mol. The Kier molecular flexibility index (Phi) is 3.04. The van der Waals surface area contributed by atoms with Gasteiger partial charge in [-0.05, 0) is 31.5 Å². The Morgan fingerprint density at radius 3 is 2.64 bits per heavy atom. The Hall–Kier alpha value is -1.18. The molecule has 4 heteroatoms. The predicted octanol–water partition coefficient (Wildman–Crippen LogP) is 3.05. The van der Waals surface area contributed by atoms with Crippen molar-refractivity contribution in [2.75, 3.05) is 0 Å². The summed E-state index contributed by atoms with van der Waals surface area (Å²) in [5.74, 6) is -0.515. The highest BCUT2D eigenvalue weighted by atomic mass is 35.5. The van der Waals surface area contributed by atoms with Crippen molar-refractivity contribution in [2.24, 2.45) is 4.99 Å². The predicted molar refractivity (Wildman–Crippen MR) is 52.6 cm³/mol. The number of benzene rings is 1. The van der Waals surface area contributed by atoms with Crippen LogP contribution in [0.25, 0.3) is 0 Å². The molecule has 0 aliphatic rings. The molecule has 0 heterocycles. The van der Waals surface area contributed by atoms with Crippen molar-refractivity contribution >= 4 is 17.7 Å². The van der Waals surface area contributed by atoms with Crippen LogP contribution in [0.2, 0.25) is 5.02 Å². The molecule has 0 spiro atoms. The van der Waals surface area contributed by atoms with Gasteiger partial charge in [0.2, 0.25) is 6.08 Å². The molecule has 0 atom stereocenters.